The molecular weight excluding hydrogens is 315 g/mol. The van der Waals surface area contributed by atoms with Crippen LogP contribution >= 0.6 is 10.7 Å². The number of hydrogen-bond acceptors (Lipinski definition) is 3. The molecule has 1 heterocycles. The van der Waals surface area contributed by atoms with Crippen molar-refractivity contribution in [3.05, 3.63) is 41.6 Å². The largest absolute Gasteiger partial charge is 0.410 e. The van der Waals surface area contributed by atoms with E-state index in [1.54, 1.807) is 19.1 Å². The first-order valence-corrected chi connectivity index (χ1v) is 7.84. The van der Waals surface area contributed by atoms with Crippen molar-refractivity contribution in [3.63, 3.8) is 0 Å². The van der Waals surface area contributed by atoms with E-state index in [1.807, 2.05) is 0 Å². The molecule has 0 spiro atoms. The van der Waals surface area contributed by atoms with Crippen LogP contribution in [0.25, 0.3) is 10.9 Å². The summed E-state index contributed by atoms with van der Waals surface area (Å²) in [7, 11) is 0.106. The van der Waals surface area contributed by atoms with Crippen molar-refractivity contribution in [2.24, 2.45) is 0 Å². The van der Waals surface area contributed by atoms with Crippen molar-refractivity contribution >= 4 is 30.6 Å². The average Bonchev–Trinajstić information content (AvgIpc) is 2.25. The first-order valence-electron chi connectivity index (χ1n) is 5.46. The van der Waals surface area contributed by atoms with Crippen LogP contribution < -0.4 is 0 Å². The van der Waals surface area contributed by atoms with E-state index < -0.39 is 26.0 Å². The van der Waals surface area contributed by atoms with E-state index in [2.05, 4.69) is 4.98 Å². The van der Waals surface area contributed by atoms with E-state index in [4.69, 9.17) is 10.7 Å². The van der Waals surface area contributed by atoms with Crippen molar-refractivity contribution in [2.45, 2.75) is 18.3 Å². The van der Waals surface area contributed by atoms with Crippen molar-refractivity contribution < 1.29 is 21.6 Å². The van der Waals surface area contributed by atoms with E-state index in [-0.39, 0.29) is 0 Å². The predicted octanol–water partition coefficient (Wildman–Crippen LogP) is 3.72. The third-order valence-electron chi connectivity index (χ3n) is 2.73. The maximum Gasteiger partial charge on any atom is 0.410 e. The lowest BCUT2D eigenvalue weighted by atomic mass is 10.1. The van der Waals surface area contributed by atoms with Gasteiger partial charge in [-0.05, 0) is 30.7 Å². The van der Waals surface area contributed by atoms with Crippen LogP contribution in [0.3, 0.4) is 0 Å². The summed E-state index contributed by atoms with van der Waals surface area (Å²) in [4.78, 5) is 4.14. The predicted molar refractivity (Wildman–Crippen MR) is 70.0 cm³/mol. The fourth-order valence-corrected chi connectivity index (χ4v) is 3.32. The van der Waals surface area contributed by atoms with Gasteiger partial charge in [-0.25, -0.2) is 8.42 Å². The number of rotatable bonds is 2. The quantitative estimate of drug-likeness (QED) is 0.791. The van der Waals surface area contributed by atoms with Crippen molar-refractivity contribution in [1.29, 1.82) is 0 Å². The molecule has 20 heavy (non-hydrogen) atoms. The number of halogens is 4. The van der Waals surface area contributed by atoms with E-state index in [9.17, 15) is 21.6 Å². The van der Waals surface area contributed by atoms with Crippen LogP contribution in [0.15, 0.2) is 30.3 Å². The fraction of sp³-hybridized carbons (Fsp3) is 0.250. The Bertz CT molecular complexity index is 759. The summed E-state index contributed by atoms with van der Waals surface area (Å²) in [6.45, 7) is 1.75. The van der Waals surface area contributed by atoms with Crippen LogP contribution in [0.1, 0.15) is 16.5 Å². The molecule has 0 radical (unpaired) electrons. The number of hydrogen-bond donors (Lipinski definition) is 0. The lowest BCUT2D eigenvalue weighted by molar-refractivity contribution is -0.131. The van der Waals surface area contributed by atoms with Crippen LogP contribution in [0.5, 0.6) is 0 Å². The molecule has 3 nitrogen and oxygen atoms in total. The molecule has 1 atom stereocenters. The lowest BCUT2D eigenvalue weighted by Crippen LogP contribution is -2.25. The highest BCUT2D eigenvalue weighted by Gasteiger charge is 2.49. The molecular formula is C12H9ClF3NO2S. The molecule has 0 saturated heterocycles. The molecule has 0 amide bonds. The van der Waals surface area contributed by atoms with Gasteiger partial charge in [-0.2, -0.15) is 13.2 Å². The first-order chi connectivity index (χ1) is 9.09. The zero-order valence-electron chi connectivity index (χ0n) is 10.1. The van der Waals surface area contributed by atoms with Crippen LogP contribution in [0.4, 0.5) is 13.2 Å². The Morgan fingerprint density at radius 2 is 1.85 bits per heavy atom. The summed E-state index contributed by atoms with van der Waals surface area (Å²) in [6, 6.07) is 6.77. The van der Waals surface area contributed by atoms with E-state index in [0.717, 1.165) is 12.1 Å². The normalized spacial score (nSPS) is 14.4. The van der Waals surface area contributed by atoms with Gasteiger partial charge in [0.1, 0.15) is 0 Å². The molecule has 0 fully saturated rings. The van der Waals surface area contributed by atoms with Crippen LogP contribution in [0, 0.1) is 6.92 Å². The second kappa shape index (κ2) is 4.89. The third-order valence-corrected chi connectivity index (χ3v) is 4.37. The maximum atomic E-state index is 12.9. The number of aromatic nitrogens is 1. The SMILES string of the molecule is Cc1ccc2cc(C(C(F)(F)F)S(=O)(=O)Cl)ccc2n1. The van der Waals surface area contributed by atoms with E-state index in [0.29, 0.717) is 16.6 Å². The highest BCUT2D eigenvalue weighted by Crippen LogP contribution is 2.41. The monoisotopic (exact) mass is 323 g/mol. The summed E-state index contributed by atoms with van der Waals surface area (Å²) in [5, 5.41) is -2.33. The van der Waals surface area contributed by atoms with Gasteiger partial charge in [-0.15, -0.1) is 0 Å². The van der Waals surface area contributed by atoms with Gasteiger partial charge < -0.3 is 0 Å². The third kappa shape index (κ3) is 3.04. The second-order valence-corrected chi connectivity index (χ2v) is 7.01. The van der Waals surface area contributed by atoms with Gasteiger partial charge in [0.05, 0.1) is 5.52 Å². The van der Waals surface area contributed by atoms with Gasteiger partial charge in [0.2, 0.25) is 9.05 Å². The molecule has 8 heteroatoms. The molecule has 2 rings (SSSR count). The van der Waals surface area contributed by atoms with Gasteiger partial charge in [-0.1, -0.05) is 12.1 Å². The molecule has 0 bridgehead atoms. The van der Waals surface area contributed by atoms with Crippen molar-refractivity contribution in [3.8, 4) is 0 Å². The van der Waals surface area contributed by atoms with Crippen molar-refractivity contribution in [1.82, 2.24) is 4.98 Å². The highest BCUT2D eigenvalue weighted by molar-refractivity contribution is 8.14. The van der Waals surface area contributed by atoms with Crippen LogP contribution in [0.2, 0.25) is 0 Å². The number of aryl methyl sites for hydroxylation is 1. The van der Waals surface area contributed by atoms with Gasteiger partial charge in [0.25, 0.3) is 0 Å². The first kappa shape index (κ1) is 15.1. The maximum absolute atomic E-state index is 12.9. The average molecular weight is 324 g/mol. The molecule has 0 N–H and O–H groups in total. The Kier molecular flexibility index (Phi) is 3.68. The lowest BCUT2D eigenvalue weighted by Gasteiger charge is -2.17. The minimum atomic E-state index is -4.98. The highest BCUT2D eigenvalue weighted by atomic mass is 35.7. The number of alkyl halides is 3. The minimum Gasteiger partial charge on any atom is -0.253 e. The van der Waals surface area contributed by atoms with Gasteiger partial charge in [0, 0.05) is 21.8 Å². The van der Waals surface area contributed by atoms with E-state index >= 15 is 0 Å². The number of pyridine rings is 1. The van der Waals surface area contributed by atoms with Gasteiger partial charge in [0.15, 0.2) is 5.25 Å². The zero-order chi connectivity index (χ0) is 15.1. The smallest absolute Gasteiger partial charge is 0.253 e. The Labute approximate surface area is 117 Å². The van der Waals surface area contributed by atoms with Gasteiger partial charge >= 0.3 is 6.18 Å². The molecule has 1 unspecified atom stereocenters. The Balaban J connectivity index is 2.64. The molecule has 2 aromatic rings. The molecule has 0 aliphatic rings. The molecule has 0 aliphatic carbocycles. The number of nitrogens with zero attached hydrogens (tertiary/aromatic N) is 1. The summed E-state index contributed by atoms with van der Waals surface area (Å²) in [6.07, 6.45) is -4.98. The van der Waals surface area contributed by atoms with Crippen molar-refractivity contribution in [2.75, 3.05) is 0 Å². The van der Waals surface area contributed by atoms with Crippen LogP contribution in [-0.2, 0) is 9.05 Å². The minimum absolute atomic E-state index is 0.419. The molecule has 0 saturated carbocycles. The summed E-state index contributed by atoms with van der Waals surface area (Å²) in [5.41, 5.74) is 0.773. The van der Waals surface area contributed by atoms with Gasteiger partial charge in [-0.3, -0.25) is 4.98 Å². The standard InChI is InChI=1S/C12H9ClF3NO2S/c1-7-2-3-8-6-9(4-5-10(8)17-7)11(12(14,15)16)20(13,18)19/h2-6,11H,1H3. The topological polar surface area (TPSA) is 47.0 Å². The second-order valence-electron chi connectivity index (χ2n) is 4.30. The molecule has 1 aromatic carbocycles. The Morgan fingerprint density at radius 3 is 2.40 bits per heavy atom. The summed E-state index contributed by atoms with van der Waals surface area (Å²) < 4.78 is 61.1. The molecule has 0 aliphatic heterocycles. The Hall–Kier alpha value is -1.34. The molecule has 108 valence electrons. The summed E-state index contributed by atoms with van der Waals surface area (Å²) >= 11 is 0. The number of benzene rings is 1. The van der Waals surface area contributed by atoms with Crippen LogP contribution in [-0.4, -0.2) is 19.6 Å². The molecule has 1 aromatic heterocycles. The fourth-order valence-electron chi connectivity index (χ4n) is 1.92. The summed E-state index contributed by atoms with van der Waals surface area (Å²) in [5.74, 6) is 0. The zero-order valence-corrected chi connectivity index (χ0v) is 11.7. The number of fused-ring (bicyclic) bond motifs is 1. The van der Waals surface area contributed by atoms with E-state index in [1.165, 1.54) is 6.07 Å². The Morgan fingerprint density at radius 1 is 1.20 bits per heavy atom.